The summed E-state index contributed by atoms with van der Waals surface area (Å²) < 4.78 is 1.04. The van der Waals surface area contributed by atoms with Gasteiger partial charge in [0.15, 0.2) is 0 Å². The van der Waals surface area contributed by atoms with Gasteiger partial charge in [-0.2, -0.15) is 0 Å². The van der Waals surface area contributed by atoms with Crippen molar-refractivity contribution in [2.75, 3.05) is 13.1 Å². The lowest BCUT2D eigenvalue weighted by Gasteiger charge is -2.12. The molecule has 0 aromatic heterocycles. The molecule has 1 aliphatic rings. The summed E-state index contributed by atoms with van der Waals surface area (Å²) in [7, 11) is 0. The van der Waals surface area contributed by atoms with Crippen molar-refractivity contribution in [1.29, 1.82) is 0 Å². The molecular weight excluding hydrogens is 314 g/mol. The smallest absolute Gasteiger partial charge is 0.227 e. The van der Waals surface area contributed by atoms with E-state index in [4.69, 9.17) is 0 Å². The van der Waals surface area contributed by atoms with Gasteiger partial charge in [-0.15, -0.1) is 19.7 Å². The zero-order valence-corrected chi connectivity index (χ0v) is 14.7. The van der Waals surface area contributed by atoms with E-state index in [0.717, 1.165) is 30.4 Å². The van der Waals surface area contributed by atoms with Crippen molar-refractivity contribution in [3.63, 3.8) is 0 Å². The number of hydrogen-bond donors (Lipinski definition) is 0. The number of nitrogens with zero attached hydrogens (tertiary/aromatic N) is 1. The molecule has 1 saturated heterocycles. The van der Waals surface area contributed by atoms with Crippen LogP contribution in [0.5, 0.6) is 0 Å². The van der Waals surface area contributed by atoms with Gasteiger partial charge in [-0.3, -0.25) is 4.79 Å². The van der Waals surface area contributed by atoms with Crippen LogP contribution in [-0.4, -0.2) is 23.9 Å². The highest BCUT2D eigenvalue weighted by molar-refractivity contribution is 9.11. The fourth-order valence-corrected chi connectivity index (χ4v) is 2.23. The highest BCUT2D eigenvalue weighted by Gasteiger charge is 2.23. The number of carbonyl (C=O) groups is 1. The highest BCUT2D eigenvalue weighted by Crippen LogP contribution is 2.21. The molecule has 0 aromatic carbocycles. The quantitative estimate of drug-likeness (QED) is 0.626. The zero-order valence-electron chi connectivity index (χ0n) is 13.1. The fraction of sp³-hybridized carbons (Fsp3) is 0.471. The van der Waals surface area contributed by atoms with Crippen LogP contribution in [0.25, 0.3) is 0 Å². The highest BCUT2D eigenvalue weighted by atomic mass is 79.9. The lowest BCUT2D eigenvalue weighted by Crippen LogP contribution is -2.25. The first-order valence-corrected chi connectivity index (χ1v) is 7.90. The largest absolute Gasteiger partial charge is 0.338 e. The molecule has 1 amide bonds. The maximum atomic E-state index is 11.6. The summed E-state index contributed by atoms with van der Waals surface area (Å²) in [6.45, 7) is 17.4. The number of likely N-dealkylation sites (tertiary alicyclic amines) is 1. The number of allylic oxidation sites excluding steroid dienone is 4. The second-order valence-electron chi connectivity index (χ2n) is 3.91. The van der Waals surface area contributed by atoms with E-state index in [9.17, 15) is 4.79 Å². The minimum atomic E-state index is 0.247. The maximum absolute atomic E-state index is 11.6. The van der Waals surface area contributed by atoms with Crippen LogP contribution in [0, 0.1) is 0 Å². The van der Waals surface area contributed by atoms with E-state index in [-0.39, 0.29) is 5.91 Å². The van der Waals surface area contributed by atoms with E-state index in [2.05, 4.69) is 48.7 Å². The van der Waals surface area contributed by atoms with Gasteiger partial charge in [0.05, 0.1) is 0 Å². The Morgan fingerprint density at radius 1 is 1.40 bits per heavy atom. The Morgan fingerprint density at radius 2 is 2.00 bits per heavy atom. The summed E-state index contributed by atoms with van der Waals surface area (Å²) >= 11 is 3.47. The predicted molar refractivity (Wildman–Crippen MR) is 94.0 cm³/mol. The molecule has 0 bridgehead atoms. The maximum Gasteiger partial charge on any atom is 0.227 e. The van der Waals surface area contributed by atoms with E-state index in [1.165, 1.54) is 5.57 Å². The Labute approximate surface area is 133 Å². The molecule has 0 aromatic rings. The third kappa shape index (κ3) is 8.92. The monoisotopic (exact) mass is 341 g/mol. The van der Waals surface area contributed by atoms with Crippen molar-refractivity contribution in [3.05, 3.63) is 48.0 Å². The van der Waals surface area contributed by atoms with Crippen molar-refractivity contribution in [3.8, 4) is 0 Å². The Kier molecular flexibility index (Phi) is 15.2. The average Bonchev–Trinajstić information content (AvgIpc) is 2.81. The Morgan fingerprint density at radius 3 is 2.50 bits per heavy atom. The van der Waals surface area contributed by atoms with Gasteiger partial charge in [0.1, 0.15) is 0 Å². The van der Waals surface area contributed by atoms with Crippen molar-refractivity contribution >= 4 is 21.8 Å². The molecule has 20 heavy (non-hydrogen) atoms. The first kappa shape index (κ1) is 21.2. The molecule has 1 heterocycles. The summed E-state index contributed by atoms with van der Waals surface area (Å²) in [5, 5.41) is 0. The summed E-state index contributed by atoms with van der Waals surface area (Å²) in [5.74, 6) is 0.247. The summed E-state index contributed by atoms with van der Waals surface area (Å²) in [5.41, 5.74) is 1.19. The molecule has 0 saturated carbocycles. The van der Waals surface area contributed by atoms with E-state index in [0.29, 0.717) is 6.42 Å². The van der Waals surface area contributed by atoms with E-state index >= 15 is 0 Å². The minimum Gasteiger partial charge on any atom is -0.338 e. The van der Waals surface area contributed by atoms with E-state index in [1.807, 2.05) is 30.9 Å². The van der Waals surface area contributed by atoms with Crippen molar-refractivity contribution < 1.29 is 4.79 Å². The van der Waals surface area contributed by atoms with Gasteiger partial charge in [-0.25, -0.2) is 0 Å². The van der Waals surface area contributed by atoms with E-state index < -0.39 is 0 Å². The molecule has 3 heteroatoms. The number of amides is 1. The topological polar surface area (TPSA) is 20.3 Å². The van der Waals surface area contributed by atoms with E-state index in [1.54, 1.807) is 0 Å². The first-order valence-electron chi connectivity index (χ1n) is 7.11. The van der Waals surface area contributed by atoms with Gasteiger partial charge in [-0.05, 0) is 24.5 Å². The van der Waals surface area contributed by atoms with Gasteiger partial charge in [-0.1, -0.05) is 48.9 Å². The summed E-state index contributed by atoms with van der Waals surface area (Å²) in [6.07, 6.45) is 8.38. The van der Waals surface area contributed by atoms with Gasteiger partial charge in [0, 0.05) is 24.0 Å². The third-order valence-corrected chi connectivity index (χ3v) is 2.99. The first-order chi connectivity index (χ1) is 9.67. The van der Waals surface area contributed by atoms with Gasteiger partial charge in [0.25, 0.3) is 0 Å². The van der Waals surface area contributed by atoms with Crippen LogP contribution < -0.4 is 0 Å². The second-order valence-corrected chi connectivity index (χ2v) is 4.82. The van der Waals surface area contributed by atoms with Crippen LogP contribution in [0.2, 0.25) is 0 Å². The molecule has 1 aliphatic heterocycles. The molecule has 0 aliphatic carbocycles. The van der Waals surface area contributed by atoms with Crippen LogP contribution in [0.1, 0.15) is 40.0 Å². The van der Waals surface area contributed by atoms with Gasteiger partial charge in [0.2, 0.25) is 5.91 Å². The van der Waals surface area contributed by atoms with Crippen LogP contribution in [-0.2, 0) is 4.79 Å². The Balaban J connectivity index is 0. The molecule has 0 N–H and O–H groups in total. The van der Waals surface area contributed by atoms with Crippen LogP contribution in [0.3, 0.4) is 0 Å². The van der Waals surface area contributed by atoms with Crippen LogP contribution in [0.4, 0.5) is 0 Å². The lowest BCUT2D eigenvalue weighted by molar-refractivity contribution is -0.127. The Bertz CT molecular complexity index is 345. The third-order valence-electron chi connectivity index (χ3n) is 2.44. The number of hydrogen-bond acceptors (Lipinski definition) is 1. The number of halogens is 1. The SMILES string of the molecule is C=C.C=CC/C=C(Br)\C=C1/CC(=O)N(CCC)C1.CC. The molecule has 1 fully saturated rings. The minimum absolute atomic E-state index is 0.247. The average molecular weight is 342 g/mol. The molecule has 0 atom stereocenters. The van der Waals surface area contributed by atoms with Crippen molar-refractivity contribution in [1.82, 2.24) is 4.90 Å². The fourth-order valence-electron chi connectivity index (χ4n) is 1.72. The van der Waals surface area contributed by atoms with Crippen LogP contribution >= 0.6 is 15.9 Å². The van der Waals surface area contributed by atoms with Gasteiger partial charge < -0.3 is 4.90 Å². The summed E-state index contributed by atoms with van der Waals surface area (Å²) in [4.78, 5) is 13.5. The van der Waals surface area contributed by atoms with Crippen LogP contribution in [0.15, 0.2) is 48.0 Å². The standard InChI is InChI=1S/C13H18BrNO.C2H6.C2H4/c1-3-5-6-12(14)8-11-9-13(16)15(10-11)7-4-2;2*1-2/h3,6,8H,1,4-5,7,9-10H2,2H3;1-2H3;1-2H2/b11-8+,12-6+;;. The second kappa shape index (κ2) is 14.3. The van der Waals surface area contributed by atoms with Gasteiger partial charge >= 0.3 is 0 Å². The number of rotatable bonds is 5. The molecule has 114 valence electrons. The molecule has 0 unspecified atom stereocenters. The zero-order chi connectivity index (χ0) is 16.0. The predicted octanol–water partition coefficient (Wildman–Crippen LogP) is 5.24. The normalized spacial score (nSPS) is 16.2. The molecule has 0 radical (unpaired) electrons. The lowest BCUT2D eigenvalue weighted by atomic mass is 10.2. The molecular formula is C17H28BrNO. The molecule has 1 rings (SSSR count). The molecule has 0 spiro atoms. The molecule has 2 nitrogen and oxygen atoms in total. The Hall–Kier alpha value is -1.09. The summed E-state index contributed by atoms with van der Waals surface area (Å²) in [6, 6.07) is 0. The number of carbonyl (C=O) groups excluding carboxylic acids is 1. The van der Waals surface area contributed by atoms with Crippen molar-refractivity contribution in [2.45, 2.75) is 40.0 Å². The van der Waals surface area contributed by atoms with Crippen molar-refractivity contribution in [2.24, 2.45) is 0 Å².